The van der Waals surface area contributed by atoms with Gasteiger partial charge in [0, 0.05) is 5.41 Å². The molecule has 0 aromatic carbocycles. The molecule has 14 heavy (non-hydrogen) atoms. The van der Waals surface area contributed by atoms with E-state index < -0.39 is 15.9 Å². The first-order chi connectivity index (χ1) is 6.19. The van der Waals surface area contributed by atoms with E-state index >= 15 is 0 Å². The fourth-order valence-corrected chi connectivity index (χ4v) is 0.957. The standard InChI is InChI=1S/C9H18O4S/c1-5-9(3,4)8(2)13-6-7-14(10,11)12/h2,5-7H2,1,3-4H3,(H,10,11,12). The van der Waals surface area contributed by atoms with E-state index in [0.29, 0.717) is 5.76 Å². The van der Waals surface area contributed by atoms with E-state index in [4.69, 9.17) is 9.29 Å². The van der Waals surface area contributed by atoms with Crippen LogP contribution in [0.5, 0.6) is 0 Å². The van der Waals surface area contributed by atoms with Gasteiger partial charge >= 0.3 is 0 Å². The van der Waals surface area contributed by atoms with E-state index in [1.807, 2.05) is 20.8 Å². The highest BCUT2D eigenvalue weighted by molar-refractivity contribution is 7.85. The average Bonchev–Trinajstić information content (AvgIpc) is 2.02. The summed E-state index contributed by atoms with van der Waals surface area (Å²) >= 11 is 0. The molecule has 0 heterocycles. The summed E-state index contributed by atoms with van der Waals surface area (Å²) in [6.07, 6.45) is 0.859. The number of hydrogen-bond donors (Lipinski definition) is 1. The van der Waals surface area contributed by atoms with E-state index in [9.17, 15) is 8.42 Å². The summed E-state index contributed by atoms with van der Waals surface area (Å²) in [5.41, 5.74) is -0.167. The fourth-order valence-electron chi connectivity index (χ4n) is 0.663. The molecule has 0 spiro atoms. The SMILES string of the molecule is C=C(OCCS(=O)(=O)O)C(C)(C)CC. The first-order valence-corrected chi connectivity index (χ1v) is 6.07. The Balaban J connectivity index is 3.99. The number of allylic oxidation sites excluding steroid dienone is 1. The molecule has 0 aromatic heterocycles. The van der Waals surface area contributed by atoms with Crippen molar-refractivity contribution in [1.82, 2.24) is 0 Å². The van der Waals surface area contributed by atoms with E-state index in [1.54, 1.807) is 0 Å². The summed E-state index contributed by atoms with van der Waals surface area (Å²) in [7, 11) is -3.94. The third kappa shape index (κ3) is 5.24. The van der Waals surface area contributed by atoms with Crippen molar-refractivity contribution in [3.05, 3.63) is 12.3 Å². The van der Waals surface area contributed by atoms with Crippen LogP contribution in [0, 0.1) is 5.41 Å². The Bertz CT molecular complexity index is 290. The molecule has 4 nitrogen and oxygen atoms in total. The monoisotopic (exact) mass is 222 g/mol. The maximum absolute atomic E-state index is 10.4. The van der Waals surface area contributed by atoms with Crippen molar-refractivity contribution in [1.29, 1.82) is 0 Å². The first-order valence-electron chi connectivity index (χ1n) is 4.46. The highest BCUT2D eigenvalue weighted by atomic mass is 32.2. The zero-order chi connectivity index (χ0) is 11.4. The van der Waals surface area contributed by atoms with Crippen LogP contribution in [0.3, 0.4) is 0 Å². The summed E-state index contributed by atoms with van der Waals surface area (Å²) in [4.78, 5) is 0. The molecule has 0 aliphatic heterocycles. The van der Waals surface area contributed by atoms with Gasteiger partial charge in [-0.05, 0) is 6.42 Å². The maximum Gasteiger partial charge on any atom is 0.268 e. The van der Waals surface area contributed by atoms with Crippen molar-refractivity contribution in [3.8, 4) is 0 Å². The topological polar surface area (TPSA) is 63.6 Å². The average molecular weight is 222 g/mol. The van der Waals surface area contributed by atoms with Crippen LogP contribution in [-0.2, 0) is 14.9 Å². The first kappa shape index (κ1) is 13.4. The molecule has 0 radical (unpaired) electrons. The lowest BCUT2D eigenvalue weighted by molar-refractivity contribution is 0.153. The normalized spacial score (nSPS) is 12.6. The van der Waals surface area contributed by atoms with E-state index in [2.05, 4.69) is 6.58 Å². The Labute approximate surface area is 85.7 Å². The summed E-state index contributed by atoms with van der Waals surface area (Å²) in [6, 6.07) is 0. The highest BCUT2D eigenvalue weighted by Crippen LogP contribution is 2.28. The molecule has 0 saturated heterocycles. The molecule has 0 aromatic rings. The van der Waals surface area contributed by atoms with Gasteiger partial charge in [-0.3, -0.25) is 4.55 Å². The molecule has 0 aliphatic rings. The number of hydrogen-bond acceptors (Lipinski definition) is 3. The van der Waals surface area contributed by atoms with Gasteiger partial charge in [0.2, 0.25) is 0 Å². The lowest BCUT2D eigenvalue weighted by atomic mass is 9.88. The minimum atomic E-state index is -3.94. The predicted octanol–water partition coefficient (Wildman–Crippen LogP) is 1.84. The Hall–Kier alpha value is -0.550. The van der Waals surface area contributed by atoms with Gasteiger partial charge in [-0.25, -0.2) is 0 Å². The van der Waals surface area contributed by atoms with Crippen LogP contribution in [0.1, 0.15) is 27.2 Å². The lowest BCUT2D eigenvalue weighted by Gasteiger charge is -2.25. The molecular weight excluding hydrogens is 204 g/mol. The summed E-state index contributed by atoms with van der Waals surface area (Å²) in [6.45, 7) is 9.58. The number of rotatable bonds is 6. The molecule has 1 N–H and O–H groups in total. The summed E-state index contributed by atoms with van der Waals surface area (Å²) < 4.78 is 34.3. The molecule has 0 saturated carbocycles. The zero-order valence-electron chi connectivity index (χ0n) is 8.91. The van der Waals surface area contributed by atoms with Crippen LogP contribution in [0.4, 0.5) is 0 Å². The van der Waals surface area contributed by atoms with Crippen LogP contribution >= 0.6 is 0 Å². The third-order valence-electron chi connectivity index (χ3n) is 2.26. The van der Waals surface area contributed by atoms with Gasteiger partial charge in [0.05, 0.1) is 5.76 Å². The van der Waals surface area contributed by atoms with Crippen molar-refractivity contribution in [2.24, 2.45) is 5.41 Å². The van der Waals surface area contributed by atoms with Crippen LogP contribution < -0.4 is 0 Å². The summed E-state index contributed by atoms with van der Waals surface area (Å²) in [5.74, 6) is 0.148. The Morgan fingerprint density at radius 3 is 2.36 bits per heavy atom. The Kier molecular flexibility index (Phi) is 4.61. The molecule has 0 rings (SSSR count). The molecule has 0 atom stereocenters. The quantitative estimate of drug-likeness (QED) is 0.550. The van der Waals surface area contributed by atoms with Crippen molar-refractivity contribution in [3.63, 3.8) is 0 Å². The largest absolute Gasteiger partial charge is 0.497 e. The fraction of sp³-hybridized carbons (Fsp3) is 0.778. The van der Waals surface area contributed by atoms with E-state index in [1.165, 1.54) is 0 Å². The smallest absolute Gasteiger partial charge is 0.268 e. The van der Waals surface area contributed by atoms with Crippen molar-refractivity contribution >= 4 is 10.1 Å². The molecule has 0 fully saturated rings. The second-order valence-corrected chi connectivity index (χ2v) is 5.37. The second-order valence-electron chi connectivity index (χ2n) is 3.80. The lowest BCUT2D eigenvalue weighted by Crippen LogP contribution is -2.18. The molecule has 0 bridgehead atoms. The van der Waals surface area contributed by atoms with Crippen molar-refractivity contribution in [2.45, 2.75) is 27.2 Å². The highest BCUT2D eigenvalue weighted by Gasteiger charge is 2.21. The van der Waals surface area contributed by atoms with Gasteiger partial charge < -0.3 is 4.74 Å². The van der Waals surface area contributed by atoms with Crippen LogP contribution in [0.2, 0.25) is 0 Å². The van der Waals surface area contributed by atoms with Gasteiger partial charge in [-0.15, -0.1) is 0 Å². The minimum absolute atomic E-state index is 0.0545. The predicted molar refractivity (Wildman–Crippen MR) is 55.6 cm³/mol. The van der Waals surface area contributed by atoms with Gasteiger partial charge in [0.1, 0.15) is 12.4 Å². The minimum Gasteiger partial charge on any atom is -0.497 e. The molecule has 0 aliphatic carbocycles. The molecule has 0 amide bonds. The molecule has 84 valence electrons. The van der Waals surface area contributed by atoms with Crippen LogP contribution in [0.25, 0.3) is 0 Å². The Morgan fingerprint density at radius 2 is 2.00 bits per heavy atom. The van der Waals surface area contributed by atoms with E-state index in [-0.39, 0.29) is 12.0 Å². The maximum atomic E-state index is 10.4. The molecule has 5 heteroatoms. The van der Waals surface area contributed by atoms with Crippen molar-refractivity contribution in [2.75, 3.05) is 12.4 Å². The van der Waals surface area contributed by atoms with Crippen LogP contribution in [-0.4, -0.2) is 25.3 Å². The van der Waals surface area contributed by atoms with Gasteiger partial charge in [0.15, 0.2) is 0 Å². The van der Waals surface area contributed by atoms with E-state index in [0.717, 1.165) is 6.42 Å². The molecule has 0 unspecified atom stereocenters. The van der Waals surface area contributed by atoms with Crippen molar-refractivity contribution < 1.29 is 17.7 Å². The molecular formula is C9H18O4S. The van der Waals surface area contributed by atoms with Gasteiger partial charge in [-0.2, -0.15) is 8.42 Å². The number of ether oxygens (including phenoxy) is 1. The summed E-state index contributed by atoms with van der Waals surface area (Å²) in [5, 5.41) is 0. The Morgan fingerprint density at radius 1 is 1.50 bits per heavy atom. The van der Waals surface area contributed by atoms with Gasteiger partial charge in [-0.1, -0.05) is 27.4 Å². The van der Waals surface area contributed by atoms with Gasteiger partial charge in [0.25, 0.3) is 10.1 Å². The van der Waals surface area contributed by atoms with Crippen LogP contribution in [0.15, 0.2) is 12.3 Å². The second kappa shape index (κ2) is 4.79. The third-order valence-corrected chi connectivity index (χ3v) is 2.94. The zero-order valence-corrected chi connectivity index (χ0v) is 9.73.